The maximum absolute atomic E-state index is 4.45. The number of rotatable bonds is 2. The Hall–Kier alpha value is -0.466. The van der Waals surface area contributed by atoms with Crippen LogP contribution in [0, 0.1) is 6.07 Å². The molecule has 0 unspecified atom stereocenters. The van der Waals surface area contributed by atoms with Crippen LogP contribution in [0.5, 0.6) is 0 Å². The van der Waals surface area contributed by atoms with E-state index in [1.165, 1.54) is 0 Å². The Labute approximate surface area is 122 Å². The molecule has 0 aromatic carbocycles. The minimum atomic E-state index is 0. The molecule has 2 aromatic heterocycles. The summed E-state index contributed by atoms with van der Waals surface area (Å²) in [6.07, 6.45) is 3.93. The van der Waals surface area contributed by atoms with E-state index in [-0.39, 0.29) is 32.7 Å². The maximum Gasteiger partial charge on any atom is 0.0102 e. The van der Waals surface area contributed by atoms with Gasteiger partial charge in [-0.1, -0.05) is 20.0 Å². The molecule has 2 heterocycles. The molecule has 1 radical (unpaired) electrons. The van der Waals surface area contributed by atoms with Crippen LogP contribution in [0.1, 0.15) is 25.3 Å². The molecule has 81 valence electrons. The first kappa shape index (κ1) is 13.6. The Morgan fingerprint density at radius 2 is 2.12 bits per heavy atom. The topological polar surface area (TPSA) is 17.8 Å². The van der Waals surface area contributed by atoms with Gasteiger partial charge in [0.05, 0.1) is 0 Å². The van der Waals surface area contributed by atoms with E-state index >= 15 is 0 Å². The van der Waals surface area contributed by atoms with Gasteiger partial charge in [-0.25, -0.2) is 0 Å². The van der Waals surface area contributed by atoms with Crippen molar-refractivity contribution in [3.05, 3.63) is 42.2 Å². The maximum atomic E-state index is 4.45. The third kappa shape index (κ3) is 2.80. The number of hydrogen-bond acceptors (Lipinski definition) is 1. The molecule has 0 amide bonds. The normalized spacial score (nSPS) is 10.2. The average Bonchev–Trinajstić information content (AvgIpc) is 2.65. The summed E-state index contributed by atoms with van der Waals surface area (Å²) in [6, 6.07) is 9.32. The van der Waals surface area contributed by atoms with Crippen LogP contribution < -0.4 is 0 Å². The van der Waals surface area contributed by atoms with Crippen LogP contribution in [-0.4, -0.2) is 9.55 Å². The molecule has 0 saturated carbocycles. The van der Waals surface area contributed by atoms with E-state index in [4.69, 9.17) is 0 Å². The van der Waals surface area contributed by atoms with Gasteiger partial charge in [-0.05, 0) is 23.7 Å². The Bertz CT molecular complexity index is 443. The Morgan fingerprint density at radius 1 is 1.38 bits per heavy atom. The van der Waals surface area contributed by atoms with Gasteiger partial charge >= 0.3 is 0 Å². The number of hydrogen-bond donors (Lipinski definition) is 0. The van der Waals surface area contributed by atoms with Crippen molar-refractivity contribution >= 4 is 0 Å². The fraction of sp³-hybridized carbons (Fsp3) is 0.308. The predicted molar refractivity (Wildman–Crippen MR) is 61.6 cm³/mol. The van der Waals surface area contributed by atoms with Crippen molar-refractivity contribution < 1.29 is 32.7 Å². The first-order valence-corrected chi connectivity index (χ1v) is 5.18. The third-order valence-corrected chi connectivity index (χ3v) is 2.55. The first-order chi connectivity index (χ1) is 7.18. The Balaban J connectivity index is 0.00000128. The molecular weight excluding hydrogens is 273 g/mol. The van der Waals surface area contributed by atoms with Crippen LogP contribution in [0.25, 0.3) is 11.4 Å². The molecule has 16 heavy (non-hydrogen) atoms. The molecule has 3 heteroatoms. The number of aromatic nitrogens is 2. The summed E-state index contributed by atoms with van der Waals surface area (Å²) in [7, 11) is 2.02. The predicted octanol–water partition coefficient (Wildman–Crippen LogP) is 3.01. The van der Waals surface area contributed by atoms with E-state index < -0.39 is 0 Å². The second-order valence-electron chi connectivity index (χ2n) is 4.05. The van der Waals surface area contributed by atoms with Crippen LogP contribution in [0.2, 0.25) is 0 Å². The molecule has 0 saturated heterocycles. The van der Waals surface area contributed by atoms with Gasteiger partial charge < -0.3 is 9.55 Å². The second kappa shape index (κ2) is 5.74. The molecule has 2 nitrogen and oxygen atoms in total. The summed E-state index contributed by atoms with van der Waals surface area (Å²) in [4.78, 5) is 4.45. The minimum Gasteiger partial charge on any atom is -0.381 e. The average molecular weight is 288 g/mol. The van der Waals surface area contributed by atoms with Gasteiger partial charge in [-0.2, -0.15) is 6.07 Å². The van der Waals surface area contributed by atoms with E-state index in [2.05, 4.69) is 35.5 Å². The van der Waals surface area contributed by atoms with E-state index in [1.807, 2.05) is 31.6 Å². The number of nitrogens with zero attached hydrogens (tertiary/aromatic N) is 2. The van der Waals surface area contributed by atoms with Crippen molar-refractivity contribution in [1.29, 1.82) is 0 Å². The minimum absolute atomic E-state index is 0. The van der Waals surface area contributed by atoms with Crippen molar-refractivity contribution in [3.63, 3.8) is 0 Å². The molecule has 2 rings (SSSR count). The van der Waals surface area contributed by atoms with E-state index in [1.54, 1.807) is 0 Å². The summed E-state index contributed by atoms with van der Waals surface area (Å²) in [6.45, 7) is 4.30. The summed E-state index contributed by atoms with van der Waals surface area (Å²) < 4.78 is 2.06. The van der Waals surface area contributed by atoms with E-state index in [0.717, 1.165) is 17.0 Å². The van der Waals surface area contributed by atoms with Crippen LogP contribution >= 0.6 is 0 Å². The third-order valence-electron chi connectivity index (χ3n) is 2.55. The zero-order valence-corrected chi connectivity index (χ0v) is 12.8. The van der Waals surface area contributed by atoms with Gasteiger partial charge in [0.2, 0.25) is 0 Å². The van der Waals surface area contributed by atoms with Crippen LogP contribution in [-0.2, 0) is 39.8 Å². The largest absolute Gasteiger partial charge is 0.381 e. The second-order valence-corrected chi connectivity index (χ2v) is 4.05. The SMILES string of the molecule is CC(C)c1[c-]cc(-c2cccn2C)nc1.[Y]. The molecule has 0 fully saturated rings. The molecule has 0 bridgehead atoms. The van der Waals surface area contributed by atoms with Crippen molar-refractivity contribution in [1.82, 2.24) is 9.55 Å². The van der Waals surface area contributed by atoms with Crippen molar-refractivity contribution in [3.8, 4) is 11.4 Å². The molecule has 0 aliphatic heterocycles. The van der Waals surface area contributed by atoms with E-state index in [9.17, 15) is 0 Å². The fourth-order valence-corrected chi connectivity index (χ4v) is 1.55. The van der Waals surface area contributed by atoms with Crippen molar-refractivity contribution in [2.75, 3.05) is 0 Å². The van der Waals surface area contributed by atoms with E-state index in [0.29, 0.717) is 5.92 Å². The van der Waals surface area contributed by atoms with Gasteiger partial charge in [0, 0.05) is 51.6 Å². The smallest absolute Gasteiger partial charge is 0.0102 e. The molecule has 0 atom stereocenters. The van der Waals surface area contributed by atoms with Crippen LogP contribution in [0.3, 0.4) is 0 Å². The van der Waals surface area contributed by atoms with Crippen LogP contribution in [0.15, 0.2) is 30.6 Å². The summed E-state index contributed by atoms with van der Waals surface area (Å²) in [5, 5.41) is 0. The zero-order chi connectivity index (χ0) is 10.8. The van der Waals surface area contributed by atoms with Crippen LogP contribution in [0.4, 0.5) is 0 Å². The monoisotopic (exact) mass is 288 g/mol. The number of pyridine rings is 1. The molecular formula is C13H15N2Y-. The molecule has 0 aliphatic rings. The summed E-state index contributed by atoms with van der Waals surface area (Å²) in [5.41, 5.74) is 3.27. The Kier molecular flexibility index (Phi) is 4.88. The standard InChI is InChI=1S/C13H15N2.Y/c1-10(2)11-6-7-12(14-9-11)13-5-4-8-15(13)3;/h4-5,7-10H,1-3H3;/q-1;. The van der Waals surface area contributed by atoms with Gasteiger partial charge in [-0.15, -0.1) is 11.6 Å². The zero-order valence-electron chi connectivity index (χ0n) is 9.94. The van der Waals surface area contributed by atoms with Crippen molar-refractivity contribution in [2.45, 2.75) is 19.8 Å². The van der Waals surface area contributed by atoms with Crippen molar-refractivity contribution in [2.24, 2.45) is 7.05 Å². The molecule has 0 spiro atoms. The summed E-state index contributed by atoms with van der Waals surface area (Å²) in [5.74, 6) is 0.486. The summed E-state index contributed by atoms with van der Waals surface area (Å²) >= 11 is 0. The fourth-order valence-electron chi connectivity index (χ4n) is 1.55. The molecule has 2 aromatic rings. The first-order valence-electron chi connectivity index (χ1n) is 5.18. The molecule has 0 aliphatic carbocycles. The van der Waals surface area contributed by atoms with Gasteiger partial charge in [0.1, 0.15) is 0 Å². The van der Waals surface area contributed by atoms with Gasteiger partial charge in [0.15, 0.2) is 0 Å². The molecule has 0 N–H and O–H groups in total. The quantitative estimate of drug-likeness (QED) is 0.777. The Morgan fingerprint density at radius 3 is 2.56 bits per heavy atom. The van der Waals surface area contributed by atoms with Gasteiger partial charge in [0.25, 0.3) is 0 Å². The number of aryl methyl sites for hydroxylation is 1. The van der Waals surface area contributed by atoms with Gasteiger partial charge in [-0.3, -0.25) is 0 Å².